The van der Waals surface area contributed by atoms with E-state index >= 15 is 0 Å². The fourth-order valence-electron chi connectivity index (χ4n) is 2.61. The minimum Gasteiger partial charge on any atom is -0.489 e. The molecule has 0 aliphatic rings. The third kappa shape index (κ3) is 7.86. The number of halogens is 2. The van der Waals surface area contributed by atoms with E-state index in [-0.39, 0.29) is 18.8 Å². The van der Waals surface area contributed by atoms with Crippen LogP contribution in [-0.2, 0) is 4.79 Å². The van der Waals surface area contributed by atoms with E-state index < -0.39 is 29.0 Å². The summed E-state index contributed by atoms with van der Waals surface area (Å²) in [5.41, 5.74) is 0.773. The monoisotopic (exact) mass is 454 g/mol. The molecule has 2 rings (SSSR count). The number of carbonyl (C=O) groups excluding carboxylic acids is 2. The second kappa shape index (κ2) is 12.7. The largest absolute Gasteiger partial charge is 0.489 e. The molecule has 0 fully saturated rings. The minimum absolute atomic E-state index is 0.0480. The summed E-state index contributed by atoms with van der Waals surface area (Å²) in [5.74, 6) is -2.95. The van der Waals surface area contributed by atoms with Crippen LogP contribution in [-0.4, -0.2) is 36.7 Å². The van der Waals surface area contributed by atoms with Crippen LogP contribution in [0.15, 0.2) is 85.1 Å². The van der Waals surface area contributed by atoms with Crippen molar-refractivity contribution in [1.29, 1.82) is 0 Å². The summed E-state index contributed by atoms with van der Waals surface area (Å²) >= 11 is 0. The lowest BCUT2D eigenvalue weighted by atomic mass is 10.1. The van der Waals surface area contributed by atoms with Gasteiger partial charge in [0.25, 0.3) is 11.8 Å². The zero-order chi connectivity index (χ0) is 24.2. The molecule has 0 spiro atoms. The van der Waals surface area contributed by atoms with Crippen LogP contribution in [0.2, 0.25) is 0 Å². The Bertz CT molecular complexity index is 1080. The lowest BCUT2D eigenvalue weighted by Crippen LogP contribution is -2.36. The predicted octanol–water partition coefficient (Wildman–Crippen LogP) is 3.52. The standard InChI is InChI=1S/C25H24F2N2O4/c1-3-5-17(4-2)16-33-20-9-6-18(7-10-20)14-23(25(32)28-12-13-30)29-24(31)21-11-8-19(26)15-22(21)27/h3-11,14-15,30H,1-2,12-13,16H2,(H,28,32)(H,29,31)/b17-5+,23-14-. The molecule has 3 N–H and O–H groups in total. The van der Waals surface area contributed by atoms with Crippen molar-refractivity contribution in [2.45, 2.75) is 0 Å². The van der Waals surface area contributed by atoms with Crippen molar-refractivity contribution in [3.63, 3.8) is 0 Å². The maximum absolute atomic E-state index is 13.9. The fraction of sp³-hybridized carbons (Fsp3) is 0.120. The summed E-state index contributed by atoms with van der Waals surface area (Å²) in [6.45, 7) is 7.26. The minimum atomic E-state index is -1.06. The summed E-state index contributed by atoms with van der Waals surface area (Å²) in [5, 5.41) is 13.7. The van der Waals surface area contributed by atoms with Gasteiger partial charge in [-0.2, -0.15) is 0 Å². The first kappa shape index (κ1) is 25.2. The molecule has 0 unspecified atom stereocenters. The molecule has 0 radical (unpaired) electrons. The van der Waals surface area contributed by atoms with E-state index in [9.17, 15) is 18.4 Å². The smallest absolute Gasteiger partial charge is 0.267 e. The van der Waals surface area contributed by atoms with E-state index in [1.165, 1.54) is 6.08 Å². The number of nitrogens with one attached hydrogen (secondary N) is 2. The highest BCUT2D eigenvalue weighted by Crippen LogP contribution is 2.16. The number of hydrogen-bond donors (Lipinski definition) is 3. The van der Waals surface area contributed by atoms with Gasteiger partial charge >= 0.3 is 0 Å². The van der Waals surface area contributed by atoms with Crippen LogP contribution >= 0.6 is 0 Å². The van der Waals surface area contributed by atoms with Crippen molar-refractivity contribution in [1.82, 2.24) is 10.6 Å². The van der Waals surface area contributed by atoms with E-state index in [4.69, 9.17) is 9.84 Å². The molecule has 8 heteroatoms. The Labute approximate surface area is 190 Å². The van der Waals surface area contributed by atoms with Gasteiger partial charge in [0.05, 0.1) is 12.2 Å². The van der Waals surface area contributed by atoms with Gasteiger partial charge in [-0.3, -0.25) is 9.59 Å². The predicted molar refractivity (Wildman–Crippen MR) is 122 cm³/mol. The number of aliphatic hydroxyl groups is 1. The van der Waals surface area contributed by atoms with Gasteiger partial charge in [0, 0.05) is 12.6 Å². The second-order valence-electron chi connectivity index (χ2n) is 6.65. The summed E-state index contributed by atoms with van der Waals surface area (Å²) in [6, 6.07) is 9.15. The molecule has 0 aliphatic heterocycles. The number of aliphatic hydroxyl groups excluding tert-OH is 1. The SMILES string of the molecule is C=C/C=C(\C=C)COc1ccc(/C=C(\NC(=O)c2ccc(F)cc2F)C(=O)NCCO)cc1. The third-order valence-electron chi connectivity index (χ3n) is 4.26. The maximum atomic E-state index is 13.9. The van der Waals surface area contributed by atoms with Gasteiger partial charge in [0.15, 0.2) is 0 Å². The Kier molecular flexibility index (Phi) is 9.73. The van der Waals surface area contributed by atoms with Crippen molar-refractivity contribution < 1.29 is 28.2 Å². The highest BCUT2D eigenvalue weighted by Gasteiger charge is 2.17. The number of rotatable bonds is 11. The number of benzene rings is 2. The Morgan fingerprint density at radius 3 is 2.42 bits per heavy atom. The molecule has 0 bridgehead atoms. The number of amides is 2. The molecule has 0 saturated carbocycles. The van der Waals surface area contributed by atoms with Crippen molar-refractivity contribution in [3.05, 3.63) is 108 Å². The molecule has 2 amide bonds. The van der Waals surface area contributed by atoms with Gasteiger partial charge in [-0.15, -0.1) is 0 Å². The lowest BCUT2D eigenvalue weighted by molar-refractivity contribution is -0.117. The topological polar surface area (TPSA) is 87.7 Å². The average molecular weight is 454 g/mol. The van der Waals surface area contributed by atoms with E-state index in [0.717, 1.165) is 17.7 Å². The Morgan fingerprint density at radius 1 is 1.09 bits per heavy atom. The van der Waals surface area contributed by atoms with Crippen LogP contribution in [0.5, 0.6) is 5.75 Å². The van der Waals surface area contributed by atoms with Crippen molar-refractivity contribution in [3.8, 4) is 5.75 Å². The summed E-state index contributed by atoms with van der Waals surface area (Å²) in [4.78, 5) is 24.9. The molecular formula is C25H24F2N2O4. The Hall–Kier alpha value is -4.04. The van der Waals surface area contributed by atoms with Crippen LogP contribution in [0.1, 0.15) is 15.9 Å². The van der Waals surface area contributed by atoms with Crippen LogP contribution < -0.4 is 15.4 Å². The molecule has 6 nitrogen and oxygen atoms in total. The summed E-state index contributed by atoms with van der Waals surface area (Å²) < 4.78 is 32.7. The van der Waals surface area contributed by atoms with Crippen LogP contribution in [0.4, 0.5) is 8.78 Å². The van der Waals surface area contributed by atoms with E-state index in [2.05, 4.69) is 23.8 Å². The average Bonchev–Trinajstić information content (AvgIpc) is 2.80. The molecule has 0 aliphatic carbocycles. The first-order valence-corrected chi connectivity index (χ1v) is 9.92. The quantitative estimate of drug-likeness (QED) is 0.358. The third-order valence-corrected chi connectivity index (χ3v) is 4.26. The summed E-state index contributed by atoms with van der Waals surface area (Å²) in [6.07, 6.45) is 6.43. The van der Waals surface area contributed by atoms with E-state index in [1.54, 1.807) is 42.5 Å². The van der Waals surface area contributed by atoms with E-state index in [0.29, 0.717) is 24.0 Å². The number of hydrogen-bond acceptors (Lipinski definition) is 4. The van der Waals surface area contributed by atoms with Gasteiger partial charge < -0.3 is 20.5 Å². The second-order valence-corrected chi connectivity index (χ2v) is 6.65. The molecular weight excluding hydrogens is 430 g/mol. The number of ether oxygens (including phenoxy) is 1. The molecule has 0 saturated heterocycles. The zero-order valence-electron chi connectivity index (χ0n) is 17.8. The van der Waals surface area contributed by atoms with Crippen molar-refractivity contribution in [2.24, 2.45) is 0 Å². The highest BCUT2D eigenvalue weighted by atomic mass is 19.1. The maximum Gasteiger partial charge on any atom is 0.267 e. The normalized spacial score (nSPS) is 11.5. The van der Waals surface area contributed by atoms with Crippen molar-refractivity contribution >= 4 is 17.9 Å². The molecule has 172 valence electrons. The van der Waals surface area contributed by atoms with Gasteiger partial charge in [-0.05, 0) is 41.5 Å². The molecule has 2 aromatic carbocycles. The first-order valence-electron chi connectivity index (χ1n) is 9.92. The molecule has 0 atom stereocenters. The Morgan fingerprint density at radius 2 is 1.82 bits per heavy atom. The van der Waals surface area contributed by atoms with Gasteiger partial charge in [0.2, 0.25) is 0 Å². The zero-order valence-corrected chi connectivity index (χ0v) is 17.8. The lowest BCUT2D eigenvalue weighted by Gasteiger charge is -2.11. The number of carbonyl (C=O) groups is 2. The van der Waals surface area contributed by atoms with Crippen LogP contribution in [0.3, 0.4) is 0 Å². The van der Waals surface area contributed by atoms with Gasteiger partial charge in [-0.25, -0.2) is 8.78 Å². The van der Waals surface area contributed by atoms with Crippen molar-refractivity contribution in [2.75, 3.05) is 19.8 Å². The molecule has 0 heterocycles. The molecule has 2 aromatic rings. The molecule has 0 aromatic heterocycles. The van der Waals surface area contributed by atoms with Gasteiger partial charge in [-0.1, -0.05) is 43.5 Å². The summed E-state index contributed by atoms with van der Waals surface area (Å²) in [7, 11) is 0. The van der Waals surface area contributed by atoms with Crippen LogP contribution in [0, 0.1) is 11.6 Å². The fourth-order valence-corrected chi connectivity index (χ4v) is 2.61. The molecule has 33 heavy (non-hydrogen) atoms. The van der Waals surface area contributed by atoms with E-state index in [1.807, 2.05) is 0 Å². The Balaban J connectivity index is 2.22. The first-order chi connectivity index (χ1) is 15.9. The van der Waals surface area contributed by atoms with Gasteiger partial charge in [0.1, 0.15) is 29.7 Å². The number of allylic oxidation sites excluding steroid dienone is 2. The van der Waals surface area contributed by atoms with Crippen LogP contribution in [0.25, 0.3) is 6.08 Å². The highest BCUT2D eigenvalue weighted by molar-refractivity contribution is 6.05.